The molecule has 7 nitrogen and oxygen atoms in total. The molecule has 0 aromatic rings. The lowest BCUT2D eigenvalue weighted by atomic mass is 10.2. The molecule has 0 aromatic carbocycles. The van der Waals surface area contributed by atoms with E-state index in [0.29, 0.717) is 12.3 Å². The Morgan fingerprint density at radius 2 is 2.11 bits per heavy atom. The minimum Gasteiger partial charge on any atom is -0.480 e. The normalized spacial score (nSPS) is 21.6. The van der Waals surface area contributed by atoms with Gasteiger partial charge in [-0.2, -0.15) is 0 Å². The summed E-state index contributed by atoms with van der Waals surface area (Å²) in [5, 5.41) is 12.9. The van der Waals surface area contributed by atoms with E-state index in [1.165, 1.54) is 0 Å². The first-order chi connectivity index (χ1) is 8.74. The number of carbonyl (C=O) groups excluding carboxylic acids is 1. The van der Waals surface area contributed by atoms with Crippen molar-refractivity contribution in [1.29, 1.82) is 0 Å². The Morgan fingerprint density at radius 1 is 1.47 bits per heavy atom. The van der Waals surface area contributed by atoms with Crippen LogP contribution in [0.1, 0.15) is 34.1 Å². The molecule has 1 fully saturated rings. The Hall–Kier alpha value is -1.79. The molecular weight excluding hydrogens is 252 g/mol. The largest absolute Gasteiger partial charge is 0.480 e. The van der Waals surface area contributed by atoms with Gasteiger partial charge in [-0.3, -0.25) is 4.90 Å². The van der Waals surface area contributed by atoms with Gasteiger partial charge in [-0.15, -0.1) is 0 Å². The quantitative estimate of drug-likeness (QED) is 0.786. The van der Waals surface area contributed by atoms with Crippen molar-refractivity contribution in [2.24, 2.45) is 5.16 Å². The zero-order chi connectivity index (χ0) is 14.6. The second-order valence-corrected chi connectivity index (χ2v) is 5.24. The third kappa shape index (κ3) is 4.42. The monoisotopic (exact) mass is 272 g/mol. The number of carboxylic acids is 1. The van der Waals surface area contributed by atoms with Crippen molar-refractivity contribution in [3.05, 3.63) is 0 Å². The molecule has 1 aliphatic rings. The molecule has 1 aliphatic heterocycles. The van der Waals surface area contributed by atoms with E-state index in [2.05, 4.69) is 5.16 Å². The minimum atomic E-state index is -1.08. The van der Waals surface area contributed by atoms with Crippen LogP contribution < -0.4 is 0 Å². The molecule has 1 saturated heterocycles. The average molecular weight is 272 g/mol. The van der Waals surface area contributed by atoms with E-state index in [9.17, 15) is 9.59 Å². The zero-order valence-electron chi connectivity index (χ0n) is 11.7. The molecule has 0 bridgehead atoms. The van der Waals surface area contributed by atoms with Crippen LogP contribution in [0.25, 0.3) is 0 Å². The average Bonchev–Trinajstić information content (AvgIpc) is 2.68. The van der Waals surface area contributed by atoms with Crippen LogP contribution in [0.15, 0.2) is 5.16 Å². The zero-order valence-corrected chi connectivity index (χ0v) is 11.7. The minimum absolute atomic E-state index is 0.117. The van der Waals surface area contributed by atoms with Gasteiger partial charge in [0.15, 0.2) is 0 Å². The maximum Gasteiger partial charge on any atom is 0.411 e. The van der Waals surface area contributed by atoms with Crippen molar-refractivity contribution in [2.75, 3.05) is 13.2 Å². The van der Waals surface area contributed by atoms with E-state index >= 15 is 0 Å². The molecule has 7 heteroatoms. The van der Waals surface area contributed by atoms with Crippen molar-refractivity contribution in [3.63, 3.8) is 0 Å². The molecule has 108 valence electrons. The number of hydrogen-bond donors (Lipinski definition) is 1. The summed E-state index contributed by atoms with van der Waals surface area (Å²) in [6.45, 7) is 7.47. The molecule has 0 spiro atoms. The highest BCUT2D eigenvalue weighted by Gasteiger charge is 2.40. The smallest absolute Gasteiger partial charge is 0.411 e. The molecule has 1 rings (SSSR count). The lowest BCUT2D eigenvalue weighted by Gasteiger charge is -2.26. The van der Waals surface area contributed by atoms with Gasteiger partial charge in [-0.25, -0.2) is 9.59 Å². The Kier molecular flexibility index (Phi) is 4.74. The summed E-state index contributed by atoms with van der Waals surface area (Å²) < 4.78 is 5.18. The topological polar surface area (TPSA) is 88.4 Å². The predicted octanol–water partition coefficient (Wildman–Crippen LogP) is 1.47. The van der Waals surface area contributed by atoms with Crippen LogP contribution in [0.5, 0.6) is 0 Å². The summed E-state index contributed by atoms with van der Waals surface area (Å²) in [5.41, 5.74) is -0.139. The number of carboxylic acid groups (broad SMARTS) is 1. The summed E-state index contributed by atoms with van der Waals surface area (Å²) >= 11 is 0. The van der Waals surface area contributed by atoms with E-state index in [1.54, 1.807) is 27.7 Å². The van der Waals surface area contributed by atoms with Crippen molar-refractivity contribution in [3.8, 4) is 0 Å². The number of aliphatic carboxylic acids is 1. The van der Waals surface area contributed by atoms with Crippen LogP contribution in [0, 0.1) is 0 Å². The van der Waals surface area contributed by atoms with E-state index < -0.39 is 23.7 Å². The Morgan fingerprint density at radius 3 is 2.58 bits per heavy atom. The number of amides is 1. The van der Waals surface area contributed by atoms with E-state index in [1.807, 2.05) is 0 Å². The highest BCUT2D eigenvalue weighted by atomic mass is 16.6. The number of likely N-dealkylation sites (tertiary alicyclic amines) is 1. The number of nitrogens with zero attached hydrogens (tertiary/aromatic N) is 2. The second kappa shape index (κ2) is 5.90. The molecule has 19 heavy (non-hydrogen) atoms. The fourth-order valence-corrected chi connectivity index (χ4v) is 1.66. The number of oxime groups is 1. The Bertz CT molecular complexity index is 386. The van der Waals surface area contributed by atoms with E-state index in [4.69, 9.17) is 14.7 Å². The predicted molar refractivity (Wildman–Crippen MR) is 68.0 cm³/mol. The SMILES string of the molecule is CCON=C1C[C@@H](C(=O)O)N(C(=O)OC(C)(C)C)C1. The van der Waals surface area contributed by atoms with Gasteiger partial charge in [-0.05, 0) is 27.7 Å². The molecule has 1 amide bonds. The molecular formula is C12H20N2O5. The molecule has 1 atom stereocenters. The fourth-order valence-electron chi connectivity index (χ4n) is 1.66. The van der Waals surface area contributed by atoms with Crippen LogP contribution in [0.2, 0.25) is 0 Å². The first-order valence-corrected chi connectivity index (χ1v) is 6.14. The molecule has 1 N–H and O–H groups in total. The molecule has 1 heterocycles. The highest BCUT2D eigenvalue weighted by Crippen LogP contribution is 2.20. The summed E-state index contributed by atoms with van der Waals surface area (Å²) in [7, 11) is 0. The van der Waals surface area contributed by atoms with Crippen LogP contribution in [-0.4, -0.2) is 52.6 Å². The standard InChI is InChI=1S/C12H20N2O5/c1-5-18-13-8-6-9(10(15)16)14(7-8)11(17)19-12(2,3)4/h9H,5-7H2,1-4H3,(H,15,16)/t9-/m0/s1. The van der Waals surface area contributed by atoms with Gasteiger partial charge in [0.2, 0.25) is 0 Å². The van der Waals surface area contributed by atoms with Crippen LogP contribution >= 0.6 is 0 Å². The molecule has 0 aromatic heterocycles. The van der Waals surface area contributed by atoms with Gasteiger partial charge in [-0.1, -0.05) is 5.16 Å². The number of rotatable bonds is 3. The number of hydrogen-bond acceptors (Lipinski definition) is 5. The first-order valence-electron chi connectivity index (χ1n) is 6.14. The number of carbonyl (C=O) groups is 2. The highest BCUT2D eigenvalue weighted by molar-refractivity contribution is 5.98. The summed E-state index contributed by atoms with van der Waals surface area (Å²) in [6, 6.07) is -0.950. The maximum atomic E-state index is 11.9. The second-order valence-electron chi connectivity index (χ2n) is 5.24. The van der Waals surface area contributed by atoms with Crippen molar-refractivity contribution < 1.29 is 24.3 Å². The van der Waals surface area contributed by atoms with Crippen LogP contribution in [0.3, 0.4) is 0 Å². The Balaban J connectivity index is 2.79. The van der Waals surface area contributed by atoms with Gasteiger partial charge >= 0.3 is 12.1 Å². The summed E-state index contributed by atoms with van der Waals surface area (Å²) in [5.74, 6) is -1.08. The molecule has 0 radical (unpaired) electrons. The first kappa shape index (κ1) is 15.3. The van der Waals surface area contributed by atoms with Gasteiger partial charge in [0, 0.05) is 6.42 Å². The fraction of sp³-hybridized carbons (Fsp3) is 0.750. The lowest BCUT2D eigenvalue weighted by Crippen LogP contribution is -2.43. The summed E-state index contributed by atoms with van der Waals surface area (Å²) in [4.78, 5) is 29.1. The van der Waals surface area contributed by atoms with Gasteiger partial charge in [0.05, 0.1) is 12.3 Å². The Labute approximate surface area is 112 Å². The van der Waals surface area contributed by atoms with Crippen LogP contribution in [0.4, 0.5) is 4.79 Å². The third-order valence-electron chi connectivity index (χ3n) is 2.39. The van der Waals surface area contributed by atoms with Crippen molar-refractivity contribution in [2.45, 2.75) is 45.8 Å². The van der Waals surface area contributed by atoms with Crippen molar-refractivity contribution >= 4 is 17.8 Å². The molecule has 0 aliphatic carbocycles. The molecule has 0 saturated carbocycles. The summed E-state index contributed by atoms with van der Waals surface area (Å²) in [6.07, 6.45) is -0.490. The maximum absolute atomic E-state index is 11.9. The van der Waals surface area contributed by atoms with Gasteiger partial charge < -0.3 is 14.7 Å². The number of ether oxygens (including phenoxy) is 1. The van der Waals surface area contributed by atoms with E-state index in [-0.39, 0.29) is 13.0 Å². The van der Waals surface area contributed by atoms with Gasteiger partial charge in [0.1, 0.15) is 18.2 Å². The van der Waals surface area contributed by atoms with Crippen molar-refractivity contribution in [1.82, 2.24) is 4.90 Å². The van der Waals surface area contributed by atoms with E-state index in [0.717, 1.165) is 4.90 Å². The lowest BCUT2D eigenvalue weighted by molar-refractivity contribution is -0.142. The molecule has 0 unspecified atom stereocenters. The van der Waals surface area contributed by atoms with Crippen LogP contribution in [-0.2, 0) is 14.4 Å². The third-order valence-corrected chi connectivity index (χ3v) is 2.39. The van der Waals surface area contributed by atoms with Gasteiger partial charge in [0.25, 0.3) is 0 Å².